The molecule has 1 atom stereocenters. The van der Waals surface area contributed by atoms with Crippen LogP contribution in [0.1, 0.15) is 5.56 Å². The van der Waals surface area contributed by atoms with E-state index < -0.39 is 16.1 Å². The van der Waals surface area contributed by atoms with E-state index in [1.807, 2.05) is 0 Å². The Hall–Kier alpha value is -3.16. The Balaban J connectivity index is 2.01. The van der Waals surface area contributed by atoms with Gasteiger partial charge in [0.25, 0.3) is 11.6 Å². The number of nitrogens with zero attached hydrogens (tertiary/aromatic N) is 3. The minimum absolute atomic E-state index is 0.0756. The Labute approximate surface area is 178 Å². The second-order valence-electron chi connectivity index (χ2n) is 6.04. The van der Waals surface area contributed by atoms with Gasteiger partial charge in [0.2, 0.25) is 5.91 Å². The molecule has 0 saturated carbocycles. The highest BCUT2D eigenvalue weighted by Crippen LogP contribution is 2.42. The molecule has 1 fully saturated rings. The minimum atomic E-state index is -0.930. The first-order valence-corrected chi connectivity index (χ1v) is 9.92. The molecule has 3 rings (SSSR count). The van der Waals surface area contributed by atoms with Gasteiger partial charge in [-0.2, -0.15) is 5.26 Å². The largest absolute Gasteiger partial charge is 0.365 e. The summed E-state index contributed by atoms with van der Waals surface area (Å²) in [6, 6.07) is 14.6. The lowest BCUT2D eigenvalue weighted by Gasteiger charge is -2.18. The number of nitrogens with two attached hydrogens (primary N) is 1. The number of rotatable bonds is 5. The highest BCUT2D eigenvalue weighted by Gasteiger charge is 2.40. The Morgan fingerprint density at radius 2 is 2.00 bits per heavy atom. The number of nitro benzene ring substituents is 1. The summed E-state index contributed by atoms with van der Waals surface area (Å²) in [4.78, 5) is 36.7. The molecule has 1 aliphatic rings. The lowest BCUT2D eigenvalue weighted by atomic mass is 10.1. The number of carbonyl (C=O) groups excluding carboxylic acids is 2. The van der Waals surface area contributed by atoms with Gasteiger partial charge in [-0.1, -0.05) is 39.8 Å². The monoisotopic (exact) mass is 472 g/mol. The summed E-state index contributed by atoms with van der Waals surface area (Å²) in [5.74, 6) is -1.27. The van der Waals surface area contributed by atoms with Crippen LogP contribution in [0.15, 0.2) is 63.6 Å². The van der Waals surface area contributed by atoms with Crippen LogP contribution in [0.3, 0.4) is 0 Å². The molecule has 0 aliphatic carbocycles. The Morgan fingerprint density at radius 1 is 1.31 bits per heavy atom. The van der Waals surface area contributed by atoms with Crippen LogP contribution in [-0.4, -0.2) is 22.0 Å². The minimum Gasteiger partial charge on any atom is -0.365 e. The number of halogens is 1. The molecule has 146 valence electrons. The fraction of sp³-hybridized carbons (Fsp3) is 0.105. The van der Waals surface area contributed by atoms with E-state index in [4.69, 9.17) is 5.73 Å². The number of nitriles is 1. The molecule has 10 heteroatoms. The maximum atomic E-state index is 13.1. The first kappa shape index (κ1) is 20.6. The molecule has 0 aromatic heterocycles. The topological polar surface area (TPSA) is 130 Å². The Morgan fingerprint density at radius 3 is 2.59 bits per heavy atom. The Kier molecular flexibility index (Phi) is 6.00. The summed E-state index contributed by atoms with van der Waals surface area (Å²) in [5.41, 5.74) is 6.03. The zero-order valence-electron chi connectivity index (χ0n) is 14.7. The molecule has 0 spiro atoms. The first-order valence-electron chi connectivity index (χ1n) is 8.25. The molecule has 2 amide bonds. The van der Waals surface area contributed by atoms with Crippen molar-refractivity contribution in [3.63, 3.8) is 0 Å². The van der Waals surface area contributed by atoms with Crippen LogP contribution in [-0.2, 0) is 16.0 Å². The van der Waals surface area contributed by atoms with Crippen molar-refractivity contribution in [3.8, 4) is 6.07 Å². The number of anilines is 1. The fourth-order valence-electron chi connectivity index (χ4n) is 2.84. The van der Waals surface area contributed by atoms with E-state index in [9.17, 15) is 25.0 Å². The van der Waals surface area contributed by atoms with Gasteiger partial charge in [0.1, 0.15) is 16.7 Å². The summed E-state index contributed by atoms with van der Waals surface area (Å²) in [5, 5.41) is 19.9. The second-order valence-corrected chi connectivity index (χ2v) is 8.15. The van der Waals surface area contributed by atoms with E-state index in [0.717, 1.165) is 16.2 Å². The van der Waals surface area contributed by atoms with E-state index in [1.54, 1.807) is 42.5 Å². The van der Waals surface area contributed by atoms with Gasteiger partial charge in [0.15, 0.2) is 0 Å². The first-order chi connectivity index (χ1) is 13.8. The average molecular weight is 473 g/mol. The zero-order chi connectivity index (χ0) is 21.1. The van der Waals surface area contributed by atoms with Crippen LogP contribution >= 0.6 is 27.7 Å². The molecule has 1 unspecified atom stereocenters. The number of nitro groups is 1. The van der Waals surface area contributed by atoms with E-state index >= 15 is 0 Å². The predicted octanol–water partition coefficient (Wildman–Crippen LogP) is 3.27. The van der Waals surface area contributed by atoms with Gasteiger partial charge in [-0.15, -0.1) is 0 Å². The van der Waals surface area contributed by atoms with Crippen molar-refractivity contribution >= 4 is 50.9 Å². The number of hydrogen-bond donors (Lipinski definition) is 1. The highest BCUT2D eigenvalue weighted by molar-refractivity contribution is 9.10. The van der Waals surface area contributed by atoms with Gasteiger partial charge in [0, 0.05) is 22.3 Å². The summed E-state index contributed by atoms with van der Waals surface area (Å²) < 4.78 is 0.801. The van der Waals surface area contributed by atoms with Crippen LogP contribution in [0.2, 0.25) is 0 Å². The highest BCUT2D eigenvalue weighted by atomic mass is 79.9. The van der Waals surface area contributed by atoms with Crippen LogP contribution < -0.4 is 10.6 Å². The van der Waals surface area contributed by atoms with Gasteiger partial charge < -0.3 is 5.73 Å². The van der Waals surface area contributed by atoms with E-state index in [0.29, 0.717) is 11.3 Å². The number of thioether (sulfide) groups is 1. The van der Waals surface area contributed by atoms with Crippen LogP contribution in [0.4, 0.5) is 11.4 Å². The molecule has 29 heavy (non-hydrogen) atoms. The number of carbonyl (C=O) groups is 2. The molecule has 0 radical (unpaired) electrons. The molecule has 1 heterocycles. The van der Waals surface area contributed by atoms with Crippen LogP contribution in [0, 0.1) is 21.4 Å². The number of benzene rings is 2. The lowest BCUT2D eigenvalue weighted by Crippen LogP contribution is -2.31. The molecule has 1 saturated heterocycles. The number of primary amides is 1. The van der Waals surface area contributed by atoms with Gasteiger partial charge in [-0.3, -0.25) is 24.6 Å². The average Bonchev–Trinajstić information content (AvgIpc) is 2.99. The Bertz CT molecular complexity index is 1080. The summed E-state index contributed by atoms with van der Waals surface area (Å²) in [6.07, 6.45) is 0.194. The normalized spacial score (nSPS) is 17.7. The molecule has 2 aromatic carbocycles. The third kappa shape index (κ3) is 4.31. The third-order valence-electron chi connectivity index (χ3n) is 4.15. The third-order valence-corrected chi connectivity index (χ3v) is 5.94. The van der Waals surface area contributed by atoms with E-state index in [1.165, 1.54) is 17.0 Å². The molecular weight excluding hydrogens is 460 g/mol. The van der Waals surface area contributed by atoms with Gasteiger partial charge in [-0.05, 0) is 36.2 Å². The van der Waals surface area contributed by atoms with E-state index in [-0.39, 0.29) is 28.6 Å². The van der Waals surface area contributed by atoms with Crippen molar-refractivity contribution in [2.45, 2.75) is 11.7 Å². The maximum Gasteiger partial charge on any atom is 0.269 e. The van der Waals surface area contributed by atoms with E-state index in [2.05, 4.69) is 15.9 Å². The number of hydrogen-bond acceptors (Lipinski definition) is 6. The van der Waals surface area contributed by atoms with Crippen LogP contribution in [0.25, 0.3) is 0 Å². The summed E-state index contributed by atoms with van der Waals surface area (Å²) >= 11 is 4.37. The SMILES string of the molecule is N#CC(C(N)=O)=C1SC(Cc2cccc([N+](=O)[O-])c2)C(=O)N1c1ccc(Br)cc1. The smallest absolute Gasteiger partial charge is 0.269 e. The maximum absolute atomic E-state index is 13.1. The zero-order valence-corrected chi connectivity index (χ0v) is 17.1. The standard InChI is InChI=1S/C19H13BrN4O4S/c20-12-4-6-13(7-5-12)23-18(26)16(29-19(23)15(10-21)17(22)25)9-11-2-1-3-14(8-11)24(27)28/h1-8,16H,9H2,(H2,22,25). The van der Waals surface area contributed by atoms with Crippen LogP contribution in [0.5, 0.6) is 0 Å². The summed E-state index contributed by atoms with van der Waals surface area (Å²) in [7, 11) is 0. The fourth-order valence-corrected chi connectivity index (χ4v) is 4.42. The number of amides is 2. The molecule has 0 bridgehead atoms. The molecular formula is C19H13BrN4O4S. The van der Waals surface area contributed by atoms with Crippen molar-refractivity contribution < 1.29 is 14.5 Å². The van der Waals surface area contributed by atoms with Crippen molar-refractivity contribution in [1.82, 2.24) is 0 Å². The predicted molar refractivity (Wildman–Crippen MR) is 112 cm³/mol. The quantitative estimate of drug-likeness (QED) is 0.307. The molecule has 1 aliphatic heterocycles. The van der Waals surface area contributed by atoms with Gasteiger partial charge in [0.05, 0.1) is 10.2 Å². The van der Waals surface area contributed by atoms with Crippen molar-refractivity contribution in [3.05, 3.63) is 79.3 Å². The van der Waals surface area contributed by atoms with Gasteiger partial charge in [-0.25, -0.2) is 0 Å². The molecule has 2 N–H and O–H groups in total. The number of non-ortho nitro benzene ring substituents is 1. The second kappa shape index (κ2) is 8.46. The van der Waals surface area contributed by atoms with Crippen molar-refractivity contribution in [2.75, 3.05) is 4.90 Å². The van der Waals surface area contributed by atoms with Crippen molar-refractivity contribution in [1.29, 1.82) is 5.26 Å². The lowest BCUT2D eigenvalue weighted by molar-refractivity contribution is -0.384. The van der Waals surface area contributed by atoms with Gasteiger partial charge >= 0.3 is 0 Å². The molecule has 8 nitrogen and oxygen atoms in total. The van der Waals surface area contributed by atoms with Crippen molar-refractivity contribution in [2.24, 2.45) is 5.73 Å². The summed E-state index contributed by atoms with van der Waals surface area (Å²) in [6.45, 7) is 0. The molecule has 2 aromatic rings.